The molecule has 4 heterocycles. The first-order valence-corrected chi connectivity index (χ1v) is 10.4. The lowest BCUT2D eigenvalue weighted by molar-refractivity contribution is -0.138. The number of nitrogens with zero attached hydrogens (tertiary/aromatic N) is 3. The Morgan fingerprint density at radius 3 is 2.58 bits per heavy atom. The molecular weight excluding hydrogens is 358 g/mol. The van der Waals surface area contributed by atoms with Gasteiger partial charge in [-0.1, -0.05) is 6.07 Å². The van der Waals surface area contributed by atoms with Crippen LogP contribution in [0.4, 0.5) is 0 Å². The second-order valence-electron chi connectivity index (χ2n) is 7.22. The Hall–Kier alpha value is -1.75. The number of carbonyl (C=O) groups excluding carboxylic acids is 1. The van der Waals surface area contributed by atoms with E-state index in [1.54, 1.807) is 15.5 Å². The average Bonchev–Trinajstić information content (AvgIpc) is 2.62. The number of hydrogen-bond donors (Lipinski definition) is 2. The van der Waals surface area contributed by atoms with E-state index >= 15 is 0 Å². The van der Waals surface area contributed by atoms with Crippen LogP contribution >= 0.6 is 0 Å². The van der Waals surface area contributed by atoms with E-state index in [-0.39, 0.29) is 49.5 Å². The molecule has 2 bridgehead atoms. The van der Waals surface area contributed by atoms with Gasteiger partial charge in [0.25, 0.3) is 15.8 Å². The first-order valence-electron chi connectivity index (χ1n) is 8.85. The van der Waals surface area contributed by atoms with Crippen LogP contribution in [0.15, 0.2) is 23.0 Å². The van der Waals surface area contributed by atoms with Crippen molar-refractivity contribution in [1.82, 2.24) is 19.1 Å². The van der Waals surface area contributed by atoms with Crippen molar-refractivity contribution in [2.24, 2.45) is 11.1 Å². The highest BCUT2D eigenvalue weighted by Crippen LogP contribution is 2.39. The maximum Gasteiger partial charge on any atom is 0.277 e. The minimum absolute atomic E-state index is 0.0603. The highest BCUT2D eigenvalue weighted by Gasteiger charge is 2.43. The molecule has 3 atom stereocenters. The molecule has 9 nitrogen and oxygen atoms in total. The van der Waals surface area contributed by atoms with Gasteiger partial charge in [-0.15, -0.1) is 0 Å². The van der Waals surface area contributed by atoms with Gasteiger partial charge in [-0.2, -0.15) is 12.7 Å². The Morgan fingerprint density at radius 2 is 1.88 bits per heavy atom. The van der Waals surface area contributed by atoms with Gasteiger partial charge in [-0.05, 0) is 12.5 Å². The molecule has 142 valence electrons. The SMILES string of the molecule is NS(=O)(=O)N1CCN(C(=O)[C@H]2[C@@H]3CNC[C@@H](C3)c3cccc(=O)n32)CC1. The van der Waals surface area contributed by atoms with Crippen LogP contribution in [0.3, 0.4) is 0 Å². The lowest BCUT2D eigenvalue weighted by Crippen LogP contribution is -2.57. The van der Waals surface area contributed by atoms with Crippen LogP contribution in [-0.2, 0) is 15.0 Å². The summed E-state index contributed by atoms with van der Waals surface area (Å²) in [5.74, 6) is 0.192. The Bertz CT molecular complexity index is 875. The predicted octanol–water partition coefficient (Wildman–Crippen LogP) is -1.56. The Labute approximate surface area is 151 Å². The maximum atomic E-state index is 13.3. The van der Waals surface area contributed by atoms with Gasteiger partial charge in [-0.25, -0.2) is 5.14 Å². The number of piperidine rings is 1. The van der Waals surface area contributed by atoms with Gasteiger partial charge in [0.2, 0.25) is 5.91 Å². The Kier molecular flexibility index (Phi) is 4.38. The molecule has 0 aliphatic carbocycles. The number of rotatable bonds is 2. The molecule has 3 N–H and O–H groups in total. The summed E-state index contributed by atoms with van der Waals surface area (Å²) in [6, 6.07) is 4.63. The second kappa shape index (κ2) is 6.45. The van der Waals surface area contributed by atoms with E-state index in [1.165, 1.54) is 10.4 Å². The number of pyridine rings is 1. The maximum absolute atomic E-state index is 13.3. The topological polar surface area (TPSA) is 118 Å². The highest BCUT2D eigenvalue weighted by molar-refractivity contribution is 7.86. The normalized spacial score (nSPS) is 29.3. The zero-order valence-electron chi connectivity index (χ0n) is 14.4. The first kappa shape index (κ1) is 17.7. The van der Waals surface area contributed by atoms with Gasteiger partial charge >= 0.3 is 0 Å². The van der Waals surface area contributed by atoms with Crippen LogP contribution in [0.2, 0.25) is 0 Å². The molecule has 2 saturated heterocycles. The van der Waals surface area contributed by atoms with Crippen LogP contribution in [0.25, 0.3) is 0 Å². The fourth-order valence-electron chi connectivity index (χ4n) is 4.46. The summed E-state index contributed by atoms with van der Waals surface area (Å²) in [7, 11) is -3.74. The van der Waals surface area contributed by atoms with Gasteiger partial charge in [-0.3, -0.25) is 14.2 Å². The number of nitrogens with two attached hydrogens (primary N) is 1. The van der Waals surface area contributed by atoms with Crippen molar-refractivity contribution in [3.8, 4) is 0 Å². The van der Waals surface area contributed by atoms with Crippen LogP contribution in [0.5, 0.6) is 0 Å². The smallest absolute Gasteiger partial charge is 0.277 e. The van der Waals surface area contributed by atoms with Crippen molar-refractivity contribution in [2.75, 3.05) is 39.3 Å². The molecule has 3 aliphatic heterocycles. The lowest BCUT2D eigenvalue weighted by Gasteiger charge is -2.44. The van der Waals surface area contributed by atoms with Crippen molar-refractivity contribution in [1.29, 1.82) is 0 Å². The molecule has 2 fully saturated rings. The summed E-state index contributed by atoms with van der Waals surface area (Å²) in [5, 5.41) is 8.54. The minimum atomic E-state index is -3.74. The van der Waals surface area contributed by atoms with E-state index in [9.17, 15) is 18.0 Å². The van der Waals surface area contributed by atoms with E-state index in [0.29, 0.717) is 6.54 Å². The summed E-state index contributed by atoms with van der Waals surface area (Å²) in [6.45, 7) is 2.44. The third kappa shape index (κ3) is 2.96. The molecule has 4 rings (SSSR count). The Morgan fingerprint density at radius 1 is 1.15 bits per heavy atom. The van der Waals surface area contributed by atoms with Crippen molar-refractivity contribution >= 4 is 16.1 Å². The van der Waals surface area contributed by atoms with E-state index in [0.717, 1.165) is 18.7 Å². The number of hydrogen-bond acceptors (Lipinski definition) is 5. The molecular formula is C16H23N5O4S. The molecule has 1 aromatic heterocycles. The minimum Gasteiger partial charge on any atom is -0.338 e. The summed E-state index contributed by atoms with van der Waals surface area (Å²) >= 11 is 0. The van der Waals surface area contributed by atoms with Crippen molar-refractivity contribution < 1.29 is 13.2 Å². The number of piperazine rings is 1. The third-order valence-electron chi connectivity index (χ3n) is 5.71. The number of carbonyl (C=O) groups is 1. The molecule has 1 amide bonds. The lowest BCUT2D eigenvalue weighted by atomic mass is 9.79. The predicted molar refractivity (Wildman–Crippen MR) is 94.7 cm³/mol. The van der Waals surface area contributed by atoms with Crippen LogP contribution < -0.4 is 16.0 Å². The van der Waals surface area contributed by atoms with Crippen molar-refractivity contribution in [3.63, 3.8) is 0 Å². The monoisotopic (exact) mass is 381 g/mol. The van der Waals surface area contributed by atoms with Gasteiger partial charge in [0, 0.05) is 62.9 Å². The molecule has 3 aliphatic rings. The van der Waals surface area contributed by atoms with Crippen molar-refractivity contribution in [2.45, 2.75) is 18.4 Å². The largest absolute Gasteiger partial charge is 0.338 e. The van der Waals surface area contributed by atoms with E-state index in [4.69, 9.17) is 5.14 Å². The summed E-state index contributed by atoms with van der Waals surface area (Å²) in [4.78, 5) is 27.5. The average molecular weight is 381 g/mol. The summed E-state index contributed by atoms with van der Waals surface area (Å²) < 4.78 is 25.8. The van der Waals surface area contributed by atoms with Crippen molar-refractivity contribution in [3.05, 3.63) is 34.2 Å². The number of nitrogens with one attached hydrogen (secondary N) is 1. The molecule has 26 heavy (non-hydrogen) atoms. The fraction of sp³-hybridized carbons (Fsp3) is 0.625. The van der Waals surface area contributed by atoms with E-state index in [1.807, 2.05) is 6.07 Å². The van der Waals surface area contributed by atoms with Crippen LogP contribution in [-0.4, -0.2) is 67.4 Å². The summed E-state index contributed by atoms with van der Waals surface area (Å²) in [6.07, 6.45) is 0.879. The number of aromatic nitrogens is 1. The van der Waals surface area contributed by atoms with Crippen LogP contribution in [0.1, 0.15) is 24.1 Å². The van der Waals surface area contributed by atoms with Gasteiger partial charge in [0.05, 0.1) is 0 Å². The quantitative estimate of drug-likeness (QED) is 0.643. The summed E-state index contributed by atoms with van der Waals surface area (Å²) in [5.41, 5.74) is 0.753. The van der Waals surface area contributed by atoms with Gasteiger partial charge in [0.15, 0.2) is 0 Å². The number of amides is 1. The molecule has 0 radical (unpaired) electrons. The van der Waals surface area contributed by atoms with E-state index in [2.05, 4.69) is 5.32 Å². The Balaban J connectivity index is 1.62. The highest BCUT2D eigenvalue weighted by atomic mass is 32.2. The van der Waals surface area contributed by atoms with E-state index < -0.39 is 16.3 Å². The first-order chi connectivity index (χ1) is 12.4. The third-order valence-corrected chi connectivity index (χ3v) is 6.80. The second-order valence-corrected chi connectivity index (χ2v) is 8.77. The van der Waals surface area contributed by atoms with Gasteiger partial charge < -0.3 is 10.2 Å². The standard InChI is InChI=1S/C16H23N5O4S/c17-26(24,25)20-6-4-19(5-7-20)16(23)15-12-8-11(9-18-10-12)13-2-1-3-14(22)21(13)15/h1-3,11-12,15,18H,4-10H2,(H2,17,24,25)/t11-,12+,15-/m1/s1. The molecule has 10 heteroatoms. The molecule has 0 unspecified atom stereocenters. The zero-order chi connectivity index (χ0) is 18.5. The molecule has 0 spiro atoms. The molecule has 0 saturated carbocycles. The number of fused-ring (bicyclic) bond motifs is 4. The zero-order valence-corrected chi connectivity index (χ0v) is 15.2. The molecule has 0 aromatic carbocycles. The fourth-order valence-corrected chi connectivity index (χ4v) is 5.13. The van der Waals surface area contributed by atoms with Gasteiger partial charge in [0.1, 0.15) is 6.04 Å². The molecule has 1 aromatic rings. The van der Waals surface area contributed by atoms with Crippen LogP contribution in [0, 0.1) is 5.92 Å².